The van der Waals surface area contributed by atoms with Gasteiger partial charge in [-0.3, -0.25) is 10.1 Å². The van der Waals surface area contributed by atoms with E-state index in [1.807, 2.05) is 23.1 Å². The first-order valence-corrected chi connectivity index (χ1v) is 10.1. The molecule has 10 heteroatoms. The highest BCUT2D eigenvalue weighted by atomic mass is 16.6. The Labute approximate surface area is 185 Å². The molecule has 10 nitrogen and oxygen atoms in total. The summed E-state index contributed by atoms with van der Waals surface area (Å²) in [5.41, 5.74) is 1.47. The second-order valence-corrected chi connectivity index (χ2v) is 7.15. The molecule has 1 N–H and O–H groups in total. The normalized spacial score (nSPS) is 13.6. The summed E-state index contributed by atoms with van der Waals surface area (Å²) in [4.78, 5) is 24.2. The molecule has 2 heterocycles. The Morgan fingerprint density at radius 1 is 0.969 bits per heavy atom. The first kappa shape index (κ1) is 21.2. The van der Waals surface area contributed by atoms with Crippen LogP contribution in [0.15, 0.2) is 54.9 Å². The molecule has 0 unspecified atom stereocenters. The first-order valence-electron chi connectivity index (χ1n) is 10.1. The van der Waals surface area contributed by atoms with Gasteiger partial charge in [-0.1, -0.05) is 18.2 Å². The van der Waals surface area contributed by atoms with E-state index in [2.05, 4.69) is 32.3 Å². The Balaban J connectivity index is 1.60. The van der Waals surface area contributed by atoms with E-state index in [0.29, 0.717) is 36.1 Å². The molecule has 4 rings (SSSR count). The fourth-order valence-electron chi connectivity index (χ4n) is 3.72. The number of piperazine rings is 1. The van der Waals surface area contributed by atoms with Crippen LogP contribution in [0, 0.1) is 10.1 Å². The molecule has 32 heavy (non-hydrogen) atoms. The lowest BCUT2D eigenvalue weighted by Crippen LogP contribution is -2.47. The zero-order valence-corrected chi connectivity index (χ0v) is 17.9. The van der Waals surface area contributed by atoms with Crippen molar-refractivity contribution in [3.8, 4) is 11.5 Å². The molecule has 0 bridgehead atoms. The minimum absolute atomic E-state index is 0.0945. The van der Waals surface area contributed by atoms with E-state index in [0.717, 1.165) is 18.8 Å². The number of hydrogen-bond acceptors (Lipinski definition) is 9. The third-order valence-corrected chi connectivity index (χ3v) is 5.35. The van der Waals surface area contributed by atoms with E-state index in [1.54, 1.807) is 25.3 Å². The molecule has 2 aromatic carbocycles. The van der Waals surface area contributed by atoms with Crippen LogP contribution >= 0.6 is 0 Å². The molecule has 0 aliphatic carbocycles. The lowest BCUT2D eigenvalue weighted by Gasteiger charge is -2.36. The SMILES string of the molecule is COc1ccc(OC)c(Nc2ncnc(N3CCN(c4ccccc4)CC3)c2[N+](=O)[O-])c1. The van der Waals surface area contributed by atoms with Crippen LogP contribution in [-0.4, -0.2) is 55.3 Å². The number of anilines is 4. The van der Waals surface area contributed by atoms with Gasteiger partial charge in [-0.05, 0) is 24.3 Å². The van der Waals surface area contributed by atoms with Crippen LogP contribution in [0.2, 0.25) is 0 Å². The van der Waals surface area contributed by atoms with Gasteiger partial charge in [0.15, 0.2) is 0 Å². The summed E-state index contributed by atoms with van der Waals surface area (Å²) in [6.45, 7) is 2.68. The summed E-state index contributed by atoms with van der Waals surface area (Å²) < 4.78 is 10.6. The lowest BCUT2D eigenvalue weighted by atomic mass is 10.2. The zero-order valence-electron chi connectivity index (χ0n) is 17.9. The standard InChI is InChI=1S/C22H24N6O4/c1-31-17-8-9-19(32-2)18(14-17)25-21-20(28(29)30)22(24-15-23-21)27-12-10-26(11-13-27)16-6-4-3-5-7-16/h3-9,14-15H,10-13H2,1-2H3,(H,23,24,25). The summed E-state index contributed by atoms with van der Waals surface area (Å²) in [7, 11) is 3.07. The predicted octanol–water partition coefficient (Wildman–Crippen LogP) is 3.47. The maximum Gasteiger partial charge on any atom is 0.353 e. The number of nitro groups is 1. The smallest absolute Gasteiger partial charge is 0.353 e. The average Bonchev–Trinajstić information content (AvgIpc) is 2.84. The van der Waals surface area contributed by atoms with Gasteiger partial charge in [0.05, 0.1) is 24.8 Å². The fraction of sp³-hybridized carbons (Fsp3) is 0.273. The molecule has 1 aliphatic heterocycles. The van der Waals surface area contributed by atoms with Crippen LogP contribution in [0.25, 0.3) is 0 Å². The van der Waals surface area contributed by atoms with E-state index in [9.17, 15) is 10.1 Å². The van der Waals surface area contributed by atoms with Gasteiger partial charge in [-0.25, -0.2) is 9.97 Å². The van der Waals surface area contributed by atoms with Crippen molar-refractivity contribution < 1.29 is 14.4 Å². The molecule has 1 saturated heterocycles. The molecular weight excluding hydrogens is 412 g/mol. The molecule has 0 spiro atoms. The summed E-state index contributed by atoms with van der Waals surface area (Å²) in [6.07, 6.45) is 1.33. The molecule has 1 fully saturated rings. The Bertz CT molecular complexity index is 1090. The van der Waals surface area contributed by atoms with Gasteiger partial charge in [0.2, 0.25) is 11.6 Å². The van der Waals surface area contributed by atoms with Crippen molar-refractivity contribution in [1.82, 2.24) is 9.97 Å². The highest BCUT2D eigenvalue weighted by Gasteiger charge is 2.30. The maximum atomic E-state index is 12.0. The van der Waals surface area contributed by atoms with Crippen molar-refractivity contribution in [3.05, 3.63) is 65.0 Å². The molecule has 0 saturated carbocycles. The minimum atomic E-state index is -0.451. The van der Waals surface area contributed by atoms with Gasteiger partial charge in [0.1, 0.15) is 17.8 Å². The van der Waals surface area contributed by atoms with E-state index in [-0.39, 0.29) is 11.5 Å². The fourth-order valence-corrected chi connectivity index (χ4v) is 3.72. The van der Waals surface area contributed by atoms with E-state index in [1.165, 1.54) is 13.4 Å². The number of rotatable bonds is 7. The summed E-state index contributed by atoms with van der Waals surface area (Å²) in [6, 6.07) is 15.3. The number of nitrogens with one attached hydrogen (secondary N) is 1. The monoisotopic (exact) mass is 436 g/mol. The molecule has 0 radical (unpaired) electrons. The van der Waals surface area contributed by atoms with Gasteiger partial charge in [0.25, 0.3) is 0 Å². The second kappa shape index (κ2) is 9.38. The van der Waals surface area contributed by atoms with Crippen molar-refractivity contribution in [2.75, 3.05) is 55.5 Å². The second-order valence-electron chi connectivity index (χ2n) is 7.15. The van der Waals surface area contributed by atoms with Gasteiger partial charge in [0, 0.05) is 37.9 Å². The third-order valence-electron chi connectivity index (χ3n) is 5.35. The zero-order chi connectivity index (χ0) is 22.5. The van der Waals surface area contributed by atoms with E-state index >= 15 is 0 Å². The van der Waals surface area contributed by atoms with Crippen molar-refractivity contribution in [3.63, 3.8) is 0 Å². The van der Waals surface area contributed by atoms with Crippen LogP contribution in [0.3, 0.4) is 0 Å². The molecular formula is C22H24N6O4. The quantitative estimate of drug-likeness (QED) is 0.440. The topological polar surface area (TPSA) is 106 Å². The highest BCUT2D eigenvalue weighted by Crippen LogP contribution is 2.37. The summed E-state index contributed by atoms with van der Waals surface area (Å²) >= 11 is 0. The van der Waals surface area contributed by atoms with Crippen molar-refractivity contribution in [2.45, 2.75) is 0 Å². The largest absolute Gasteiger partial charge is 0.497 e. The lowest BCUT2D eigenvalue weighted by molar-refractivity contribution is -0.383. The Kier molecular flexibility index (Phi) is 6.20. The van der Waals surface area contributed by atoms with Gasteiger partial charge >= 0.3 is 5.69 Å². The van der Waals surface area contributed by atoms with E-state index < -0.39 is 4.92 Å². The average molecular weight is 436 g/mol. The van der Waals surface area contributed by atoms with Gasteiger partial charge < -0.3 is 24.6 Å². The van der Waals surface area contributed by atoms with Crippen LogP contribution in [0.1, 0.15) is 0 Å². The van der Waals surface area contributed by atoms with Crippen molar-refractivity contribution >= 4 is 28.7 Å². The van der Waals surface area contributed by atoms with Crippen LogP contribution in [0.4, 0.5) is 28.7 Å². The number of para-hydroxylation sites is 1. The number of ether oxygens (including phenoxy) is 2. The Morgan fingerprint density at radius 2 is 1.69 bits per heavy atom. The molecule has 1 aromatic heterocycles. The number of nitrogens with zero attached hydrogens (tertiary/aromatic N) is 5. The number of hydrogen-bond donors (Lipinski definition) is 1. The predicted molar refractivity (Wildman–Crippen MR) is 122 cm³/mol. The van der Waals surface area contributed by atoms with Crippen molar-refractivity contribution in [1.29, 1.82) is 0 Å². The highest BCUT2D eigenvalue weighted by molar-refractivity contribution is 5.77. The van der Waals surface area contributed by atoms with Crippen LogP contribution in [0.5, 0.6) is 11.5 Å². The summed E-state index contributed by atoms with van der Waals surface area (Å²) in [5, 5.41) is 15.1. The first-order chi connectivity index (χ1) is 15.6. The molecule has 0 amide bonds. The van der Waals surface area contributed by atoms with E-state index in [4.69, 9.17) is 9.47 Å². The minimum Gasteiger partial charge on any atom is -0.497 e. The number of benzene rings is 2. The number of aromatic nitrogens is 2. The third kappa shape index (κ3) is 4.34. The number of methoxy groups -OCH3 is 2. The van der Waals surface area contributed by atoms with Gasteiger partial charge in [-0.2, -0.15) is 0 Å². The van der Waals surface area contributed by atoms with Gasteiger partial charge in [-0.15, -0.1) is 0 Å². The van der Waals surface area contributed by atoms with Crippen molar-refractivity contribution in [2.24, 2.45) is 0 Å². The molecule has 3 aromatic rings. The molecule has 0 atom stereocenters. The Morgan fingerprint density at radius 3 is 2.34 bits per heavy atom. The maximum absolute atomic E-state index is 12.0. The molecule has 1 aliphatic rings. The summed E-state index contributed by atoms with van der Waals surface area (Å²) in [5.74, 6) is 1.48. The van der Waals surface area contributed by atoms with Crippen LogP contribution in [-0.2, 0) is 0 Å². The molecule has 166 valence electrons. The van der Waals surface area contributed by atoms with Crippen LogP contribution < -0.4 is 24.6 Å². The Hall–Kier alpha value is -4.08.